The summed E-state index contributed by atoms with van der Waals surface area (Å²) in [6.07, 6.45) is 0. The number of carbonyl (C=O) groups is 2. The lowest BCUT2D eigenvalue weighted by molar-refractivity contribution is -0.145. The smallest absolute Gasteiger partial charge is 0.325 e. The number of aromatic nitrogens is 2. The molecular weight excluding hydrogens is 482 g/mol. The molecule has 0 saturated heterocycles. The van der Waals surface area contributed by atoms with E-state index in [9.17, 15) is 14.4 Å². The van der Waals surface area contributed by atoms with Crippen LogP contribution in [0.4, 0.5) is 0 Å². The third-order valence-corrected chi connectivity index (χ3v) is 6.74. The molecule has 8 nitrogen and oxygen atoms in total. The highest BCUT2D eigenvalue weighted by atomic mass is 16.5. The minimum atomic E-state index is -0.578. The van der Waals surface area contributed by atoms with Gasteiger partial charge in [-0.05, 0) is 53.4 Å². The molecule has 198 valence electrons. The predicted molar refractivity (Wildman–Crippen MR) is 147 cm³/mol. The Balaban J connectivity index is 1.40. The number of nitrogens with one attached hydrogen (secondary N) is 1. The maximum atomic E-state index is 13.2. The third kappa shape index (κ3) is 5.49. The van der Waals surface area contributed by atoms with Crippen molar-refractivity contribution in [3.63, 3.8) is 0 Å². The summed E-state index contributed by atoms with van der Waals surface area (Å²) in [5, 5.41) is 4.68. The van der Waals surface area contributed by atoms with Gasteiger partial charge in [0.1, 0.15) is 18.9 Å². The summed E-state index contributed by atoms with van der Waals surface area (Å²) in [5.41, 5.74) is 2.64. The molecule has 1 N–H and O–H groups in total. The number of benzene rings is 3. The first kappa shape index (κ1) is 26.7. The number of rotatable bonds is 9. The van der Waals surface area contributed by atoms with Gasteiger partial charge in [-0.2, -0.15) is 0 Å². The van der Waals surface area contributed by atoms with E-state index in [1.54, 1.807) is 30.4 Å². The first-order valence-corrected chi connectivity index (χ1v) is 12.6. The van der Waals surface area contributed by atoms with E-state index >= 15 is 0 Å². The van der Waals surface area contributed by atoms with Crippen molar-refractivity contribution < 1.29 is 19.1 Å². The molecule has 1 heterocycles. The summed E-state index contributed by atoms with van der Waals surface area (Å²) >= 11 is 0. The number of esters is 1. The molecule has 1 aromatic heterocycles. The van der Waals surface area contributed by atoms with Crippen LogP contribution in [0, 0.1) is 0 Å². The Morgan fingerprint density at radius 1 is 0.947 bits per heavy atom. The first-order valence-electron chi connectivity index (χ1n) is 12.6. The highest BCUT2D eigenvalue weighted by Gasteiger charge is 2.23. The van der Waals surface area contributed by atoms with E-state index in [-0.39, 0.29) is 30.5 Å². The van der Waals surface area contributed by atoms with Gasteiger partial charge in [-0.3, -0.25) is 19.1 Å². The van der Waals surface area contributed by atoms with Crippen LogP contribution < -0.4 is 15.6 Å². The first-order chi connectivity index (χ1) is 18.2. The number of methoxy groups -OCH3 is 1. The van der Waals surface area contributed by atoms with E-state index in [1.807, 2.05) is 80.6 Å². The number of fused-ring (bicyclic) bond motifs is 1. The minimum Gasteiger partial charge on any atom is -0.497 e. The Morgan fingerprint density at radius 2 is 1.63 bits per heavy atom. The van der Waals surface area contributed by atoms with Crippen LogP contribution in [0.25, 0.3) is 16.5 Å². The second kappa shape index (κ2) is 11.4. The quantitative estimate of drug-likeness (QED) is 0.333. The fourth-order valence-corrected chi connectivity index (χ4v) is 4.58. The number of hydrogen-bond donors (Lipinski definition) is 1. The largest absolute Gasteiger partial charge is 0.497 e. The molecule has 4 aromatic rings. The fraction of sp³-hybridized carbons (Fsp3) is 0.300. The minimum absolute atomic E-state index is 0.0593. The van der Waals surface area contributed by atoms with Crippen molar-refractivity contribution in [3.8, 4) is 11.4 Å². The van der Waals surface area contributed by atoms with Gasteiger partial charge in [-0.25, -0.2) is 4.68 Å². The van der Waals surface area contributed by atoms with Crippen molar-refractivity contribution >= 4 is 22.6 Å². The summed E-state index contributed by atoms with van der Waals surface area (Å²) in [6.45, 7) is 5.32. The van der Waals surface area contributed by atoms with E-state index in [0.717, 1.165) is 27.8 Å². The average Bonchev–Trinajstić information content (AvgIpc) is 3.18. The maximum Gasteiger partial charge on any atom is 0.325 e. The monoisotopic (exact) mass is 515 g/mol. The normalized spacial score (nSPS) is 11.9. The molecule has 0 radical (unpaired) electrons. The Labute approximate surface area is 221 Å². The summed E-state index contributed by atoms with van der Waals surface area (Å²) in [6, 6.07) is 20.9. The van der Waals surface area contributed by atoms with Crippen LogP contribution in [0.1, 0.15) is 49.4 Å². The lowest BCUT2D eigenvalue weighted by Gasteiger charge is -2.14. The van der Waals surface area contributed by atoms with Crippen LogP contribution in [0.15, 0.2) is 71.5 Å². The number of hydrogen-bond acceptors (Lipinski definition) is 5. The summed E-state index contributed by atoms with van der Waals surface area (Å²) in [4.78, 5) is 38.5. The highest BCUT2D eigenvalue weighted by molar-refractivity contribution is 5.89. The number of ether oxygens (including phenoxy) is 2. The zero-order valence-corrected chi connectivity index (χ0v) is 22.4. The van der Waals surface area contributed by atoms with Crippen LogP contribution in [-0.2, 0) is 28.0 Å². The van der Waals surface area contributed by atoms with Gasteiger partial charge in [0.2, 0.25) is 5.91 Å². The van der Waals surface area contributed by atoms with Gasteiger partial charge in [-0.15, -0.1) is 0 Å². The Bertz CT molecular complexity index is 1520. The summed E-state index contributed by atoms with van der Waals surface area (Å²) < 4.78 is 14.0. The molecule has 1 amide bonds. The average molecular weight is 516 g/mol. The number of carbonyl (C=O) groups excluding carboxylic acids is 2. The molecular formula is C30H33N3O5. The summed E-state index contributed by atoms with van der Waals surface area (Å²) in [7, 11) is 3.39. The van der Waals surface area contributed by atoms with Crippen LogP contribution in [0.5, 0.6) is 5.75 Å². The molecule has 38 heavy (non-hydrogen) atoms. The van der Waals surface area contributed by atoms with Gasteiger partial charge >= 0.3 is 5.97 Å². The zero-order chi connectivity index (χ0) is 27.4. The van der Waals surface area contributed by atoms with Crippen molar-refractivity contribution in [1.82, 2.24) is 14.7 Å². The molecule has 0 aliphatic carbocycles. The van der Waals surface area contributed by atoms with Crippen LogP contribution in [0.3, 0.4) is 0 Å². The molecule has 0 aliphatic rings. The Morgan fingerprint density at radius 3 is 2.32 bits per heavy atom. The number of para-hydroxylation sites is 1. The van der Waals surface area contributed by atoms with E-state index < -0.39 is 11.9 Å². The van der Waals surface area contributed by atoms with Gasteiger partial charge in [0.05, 0.1) is 24.4 Å². The van der Waals surface area contributed by atoms with Crippen LogP contribution in [0.2, 0.25) is 0 Å². The standard InChI is InChI=1S/C30H33N3O5/c1-19(2)28-26(32(4)33(30(28)36)24-9-7-6-8-10-24)18-38-27(34)17-31-29(35)20(3)21-11-12-23-16-25(37-5)14-13-22(23)15-21/h6-16,19-20H,17-18H2,1-5H3,(H,31,35). The van der Waals surface area contributed by atoms with E-state index in [4.69, 9.17) is 9.47 Å². The molecule has 0 spiro atoms. The molecule has 8 heteroatoms. The molecule has 1 atom stereocenters. The molecule has 0 bridgehead atoms. The molecule has 0 saturated carbocycles. The topological polar surface area (TPSA) is 91.6 Å². The van der Waals surface area contributed by atoms with Gasteiger partial charge in [-0.1, -0.05) is 56.3 Å². The van der Waals surface area contributed by atoms with E-state index in [2.05, 4.69) is 5.32 Å². The molecule has 0 fully saturated rings. The second-order valence-corrected chi connectivity index (χ2v) is 9.56. The van der Waals surface area contributed by atoms with E-state index in [0.29, 0.717) is 11.3 Å². The predicted octanol–water partition coefficient (Wildman–Crippen LogP) is 4.42. The highest BCUT2D eigenvalue weighted by Crippen LogP contribution is 2.25. The third-order valence-electron chi connectivity index (χ3n) is 6.74. The molecule has 3 aromatic carbocycles. The molecule has 1 unspecified atom stereocenters. The van der Waals surface area contributed by atoms with Crippen LogP contribution in [-0.4, -0.2) is 34.9 Å². The van der Waals surface area contributed by atoms with E-state index in [1.165, 1.54) is 0 Å². The van der Waals surface area contributed by atoms with Gasteiger partial charge in [0, 0.05) is 12.6 Å². The van der Waals surface area contributed by atoms with Gasteiger partial charge in [0.15, 0.2) is 0 Å². The van der Waals surface area contributed by atoms with Crippen molar-refractivity contribution in [3.05, 3.63) is 93.9 Å². The van der Waals surface area contributed by atoms with Crippen molar-refractivity contribution in [2.24, 2.45) is 7.05 Å². The maximum absolute atomic E-state index is 13.2. The van der Waals surface area contributed by atoms with Crippen molar-refractivity contribution in [2.45, 2.75) is 39.2 Å². The van der Waals surface area contributed by atoms with Crippen molar-refractivity contribution in [2.75, 3.05) is 13.7 Å². The van der Waals surface area contributed by atoms with Crippen molar-refractivity contribution in [1.29, 1.82) is 0 Å². The molecule has 4 rings (SSSR count). The lowest BCUT2D eigenvalue weighted by Crippen LogP contribution is -2.33. The van der Waals surface area contributed by atoms with Crippen LogP contribution >= 0.6 is 0 Å². The molecule has 0 aliphatic heterocycles. The fourth-order valence-electron chi connectivity index (χ4n) is 4.58. The van der Waals surface area contributed by atoms with Gasteiger partial charge < -0.3 is 14.8 Å². The van der Waals surface area contributed by atoms with Gasteiger partial charge in [0.25, 0.3) is 5.56 Å². The number of nitrogens with zero attached hydrogens (tertiary/aromatic N) is 2. The Hall–Kier alpha value is -4.33. The SMILES string of the molecule is COc1ccc2cc(C(C)C(=O)NCC(=O)OCc3c(C(C)C)c(=O)n(-c4ccccc4)n3C)ccc2c1. The Kier molecular flexibility index (Phi) is 8.00. The summed E-state index contributed by atoms with van der Waals surface area (Å²) in [5.74, 6) is -0.601. The lowest BCUT2D eigenvalue weighted by atomic mass is 9.97. The zero-order valence-electron chi connectivity index (χ0n) is 22.4. The number of amides is 1. The second-order valence-electron chi connectivity index (χ2n) is 9.56.